The molecular weight excluding hydrogens is 411 g/mol. The molecule has 0 unspecified atom stereocenters. The fourth-order valence-corrected chi connectivity index (χ4v) is 3.99. The van der Waals surface area contributed by atoms with E-state index in [2.05, 4.69) is 19.9 Å². The zero-order valence-corrected chi connectivity index (χ0v) is 17.5. The topological polar surface area (TPSA) is 83.2 Å². The molecule has 0 aromatic heterocycles. The van der Waals surface area contributed by atoms with Crippen molar-refractivity contribution < 1.29 is 22.7 Å². The second-order valence-corrected chi connectivity index (χ2v) is 7.97. The Kier molecular flexibility index (Phi) is 8.00. The number of hydrogen-bond acceptors (Lipinski definition) is 4. The van der Waals surface area contributed by atoms with Gasteiger partial charge < -0.3 is 20.7 Å². The first-order chi connectivity index (χ1) is 14.8. The van der Waals surface area contributed by atoms with Gasteiger partial charge in [0.15, 0.2) is 5.96 Å². The summed E-state index contributed by atoms with van der Waals surface area (Å²) in [4.78, 5) is 21.0. The van der Waals surface area contributed by atoms with Crippen molar-refractivity contribution in [2.24, 2.45) is 16.6 Å². The number of alkyl halides is 3. The Morgan fingerprint density at radius 3 is 2.39 bits per heavy atom. The predicted molar refractivity (Wildman–Crippen MR) is 111 cm³/mol. The number of nitrogens with one attached hydrogen (secondary N) is 1. The first kappa shape index (κ1) is 23.2. The van der Waals surface area contributed by atoms with Gasteiger partial charge in [0.25, 0.3) is 0 Å². The van der Waals surface area contributed by atoms with E-state index in [0.29, 0.717) is 12.5 Å². The summed E-state index contributed by atoms with van der Waals surface area (Å²) in [7, 11) is 0. The Morgan fingerprint density at radius 1 is 1.13 bits per heavy atom. The van der Waals surface area contributed by atoms with Crippen molar-refractivity contribution in [3.8, 4) is 5.75 Å². The number of nitrogens with zero attached hydrogens (tertiary/aromatic N) is 3. The summed E-state index contributed by atoms with van der Waals surface area (Å²) >= 11 is 0. The van der Waals surface area contributed by atoms with Crippen molar-refractivity contribution in [3.63, 3.8) is 0 Å². The van der Waals surface area contributed by atoms with Crippen molar-refractivity contribution in [1.82, 2.24) is 15.1 Å². The number of rotatable bonds is 7. The molecule has 0 spiro atoms. The molecule has 1 saturated carbocycles. The fourth-order valence-electron chi connectivity index (χ4n) is 3.99. The zero-order chi connectivity index (χ0) is 22.3. The highest BCUT2D eigenvalue weighted by Gasteiger charge is 2.31. The van der Waals surface area contributed by atoms with Crippen molar-refractivity contribution in [1.29, 1.82) is 0 Å². The van der Waals surface area contributed by atoms with Gasteiger partial charge in [-0.25, -0.2) is 4.99 Å². The third-order valence-corrected chi connectivity index (χ3v) is 5.71. The Balaban J connectivity index is 1.32. The molecule has 0 atom stereocenters. The van der Waals surface area contributed by atoms with Crippen molar-refractivity contribution in [3.05, 3.63) is 29.8 Å². The molecule has 3 N–H and O–H groups in total. The standard InChI is InChI=1S/C21H30F3N5O2/c22-21(23,24)31-18-7-5-16(6-8-18)15-27-20(25)26-9-10-28-11-13-29(14-12-28)19(30)17-3-1-2-4-17/h5-8,17H,1-4,9-15H2,(H3,25,26,27). The molecule has 0 bridgehead atoms. The summed E-state index contributed by atoms with van der Waals surface area (Å²) in [5.74, 6) is 0.573. The SMILES string of the molecule is NC(=NCc1ccc(OC(F)(F)F)cc1)NCCN1CCN(C(=O)C2CCCC2)CC1. The summed E-state index contributed by atoms with van der Waals surface area (Å²) in [6, 6.07) is 5.53. The first-order valence-electron chi connectivity index (χ1n) is 10.7. The second kappa shape index (κ2) is 10.7. The van der Waals surface area contributed by atoms with E-state index in [1.54, 1.807) is 0 Å². The van der Waals surface area contributed by atoms with Crippen LogP contribution < -0.4 is 15.8 Å². The Labute approximate surface area is 180 Å². The fraction of sp³-hybridized carbons (Fsp3) is 0.619. The minimum absolute atomic E-state index is 0.234. The summed E-state index contributed by atoms with van der Waals surface area (Å²) in [6.07, 6.45) is -0.294. The number of benzene rings is 1. The normalized spacial score (nSPS) is 18.9. The molecule has 1 heterocycles. The Morgan fingerprint density at radius 2 is 1.77 bits per heavy atom. The van der Waals surface area contributed by atoms with Gasteiger partial charge in [0.1, 0.15) is 5.75 Å². The van der Waals surface area contributed by atoms with E-state index in [1.165, 1.54) is 37.1 Å². The molecule has 2 aliphatic rings. The number of piperazine rings is 1. The highest BCUT2D eigenvalue weighted by molar-refractivity contribution is 5.79. The molecule has 1 aliphatic heterocycles. The predicted octanol–water partition coefficient (Wildman–Crippen LogP) is 2.32. The van der Waals surface area contributed by atoms with Crippen LogP contribution in [0, 0.1) is 5.92 Å². The second-order valence-electron chi connectivity index (χ2n) is 7.97. The first-order valence-corrected chi connectivity index (χ1v) is 10.7. The van der Waals surface area contributed by atoms with Crippen LogP contribution in [0.2, 0.25) is 0 Å². The number of amides is 1. The average molecular weight is 441 g/mol. The van der Waals surface area contributed by atoms with Gasteiger partial charge in [-0.15, -0.1) is 13.2 Å². The van der Waals surface area contributed by atoms with E-state index < -0.39 is 6.36 Å². The van der Waals surface area contributed by atoms with Gasteiger partial charge in [0, 0.05) is 45.2 Å². The molecule has 7 nitrogen and oxygen atoms in total. The highest BCUT2D eigenvalue weighted by Crippen LogP contribution is 2.27. The minimum Gasteiger partial charge on any atom is -0.406 e. The van der Waals surface area contributed by atoms with Crippen LogP contribution in [-0.4, -0.2) is 67.3 Å². The summed E-state index contributed by atoms with van der Waals surface area (Å²) in [6.45, 7) is 4.93. The van der Waals surface area contributed by atoms with Gasteiger partial charge in [-0.1, -0.05) is 25.0 Å². The Hall–Kier alpha value is -2.49. The molecule has 1 saturated heterocycles. The number of ether oxygens (including phenoxy) is 1. The molecule has 2 fully saturated rings. The third-order valence-electron chi connectivity index (χ3n) is 5.71. The van der Waals surface area contributed by atoms with E-state index in [4.69, 9.17) is 5.73 Å². The summed E-state index contributed by atoms with van der Waals surface area (Å²) in [5, 5.41) is 3.05. The number of carbonyl (C=O) groups excluding carboxylic acids is 1. The molecule has 0 radical (unpaired) electrons. The van der Waals surface area contributed by atoms with Crippen LogP contribution >= 0.6 is 0 Å². The monoisotopic (exact) mass is 441 g/mol. The summed E-state index contributed by atoms with van der Waals surface area (Å²) in [5.41, 5.74) is 6.60. The number of halogens is 3. The molecule has 10 heteroatoms. The maximum absolute atomic E-state index is 12.5. The maximum Gasteiger partial charge on any atom is 0.573 e. The van der Waals surface area contributed by atoms with E-state index in [1.807, 2.05) is 4.90 Å². The lowest BCUT2D eigenvalue weighted by Gasteiger charge is -2.36. The average Bonchev–Trinajstić information content (AvgIpc) is 3.27. The third kappa shape index (κ3) is 7.61. The van der Waals surface area contributed by atoms with Crippen molar-refractivity contribution in [2.45, 2.75) is 38.6 Å². The molecule has 3 rings (SSSR count). The minimum atomic E-state index is -4.70. The van der Waals surface area contributed by atoms with Crippen molar-refractivity contribution in [2.75, 3.05) is 39.3 Å². The number of nitrogens with two attached hydrogens (primary N) is 1. The molecule has 1 amide bonds. The van der Waals surface area contributed by atoms with E-state index in [9.17, 15) is 18.0 Å². The van der Waals surface area contributed by atoms with Crippen LogP contribution in [-0.2, 0) is 11.3 Å². The maximum atomic E-state index is 12.5. The smallest absolute Gasteiger partial charge is 0.406 e. The van der Waals surface area contributed by atoms with E-state index in [0.717, 1.165) is 51.1 Å². The molecule has 172 valence electrons. The largest absolute Gasteiger partial charge is 0.573 e. The number of aliphatic imine (C=N–C) groups is 1. The van der Waals surface area contributed by atoms with Gasteiger partial charge in [-0.3, -0.25) is 9.69 Å². The summed E-state index contributed by atoms with van der Waals surface area (Å²) < 4.78 is 40.4. The molecular formula is C21H30F3N5O2. The molecule has 1 aromatic rings. The lowest BCUT2D eigenvalue weighted by molar-refractivity contribution is -0.274. The van der Waals surface area contributed by atoms with Gasteiger partial charge in [0.2, 0.25) is 5.91 Å². The van der Waals surface area contributed by atoms with Gasteiger partial charge in [-0.2, -0.15) is 0 Å². The van der Waals surface area contributed by atoms with Crippen LogP contribution in [0.4, 0.5) is 13.2 Å². The lowest BCUT2D eigenvalue weighted by atomic mass is 10.1. The molecule has 1 aromatic carbocycles. The van der Waals surface area contributed by atoms with Crippen LogP contribution in [0.25, 0.3) is 0 Å². The van der Waals surface area contributed by atoms with E-state index >= 15 is 0 Å². The van der Waals surface area contributed by atoms with Crippen LogP contribution in [0.3, 0.4) is 0 Å². The van der Waals surface area contributed by atoms with Crippen LogP contribution in [0.5, 0.6) is 5.75 Å². The van der Waals surface area contributed by atoms with Gasteiger partial charge in [0.05, 0.1) is 6.54 Å². The number of hydrogen-bond donors (Lipinski definition) is 2. The lowest BCUT2D eigenvalue weighted by Crippen LogP contribution is -2.51. The van der Waals surface area contributed by atoms with E-state index in [-0.39, 0.29) is 24.2 Å². The highest BCUT2D eigenvalue weighted by atomic mass is 19.4. The van der Waals surface area contributed by atoms with Crippen LogP contribution in [0.15, 0.2) is 29.3 Å². The van der Waals surface area contributed by atoms with Gasteiger partial charge >= 0.3 is 6.36 Å². The number of guanidine groups is 1. The van der Waals surface area contributed by atoms with Gasteiger partial charge in [-0.05, 0) is 30.5 Å². The quantitative estimate of drug-likeness (QED) is 0.501. The van der Waals surface area contributed by atoms with Crippen molar-refractivity contribution >= 4 is 11.9 Å². The zero-order valence-electron chi connectivity index (χ0n) is 17.5. The molecule has 31 heavy (non-hydrogen) atoms. The number of carbonyl (C=O) groups is 1. The Bertz CT molecular complexity index is 740. The molecule has 1 aliphatic carbocycles. The van der Waals surface area contributed by atoms with Crippen LogP contribution in [0.1, 0.15) is 31.2 Å².